The normalized spacial score (nSPS) is 41.9. The second kappa shape index (κ2) is 5.09. The summed E-state index contributed by atoms with van der Waals surface area (Å²) in [6, 6.07) is 1.72. The molecule has 3 aliphatic rings. The number of halogens is 1. The maximum atomic E-state index is 13.4. The van der Waals surface area contributed by atoms with E-state index in [0.29, 0.717) is 12.0 Å². The van der Waals surface area contributed by atoms with Gasteiger partial charge in [-0.1, -0.05) is 12.8 Å². The second-order valence-electron chi connectivity index (χ2n) is 6.07. The number of nitrogens with zero attached hydrogens (tertiary/aromatic N) is 2. The monoisotopic (exact) mass is 265 g/mol. The molecule has 0 aromatic rings. The fraction of sp³-hybridized carbons (Fsp3) is 0.857. The largest absolute Gasteiger partial charge is 0.322 e. The average molecular weight is 265 g/mol. The zero-order valence-corrected chi connectivity index (χ0v) is 11.0. The summed E-state index contributed by atoms with van der Waals surface area (Å²) in [6.07, 6.45) is 4.79. The third kappa shape index (κ3) is 2.34. The van der Waals surface area contributed by atoms with Crippen LogP contribution in [0.5, 0.6) is 0 Å². The molecule has 104 valence electrons. The molecular weight excluding hydrogens is 245 g/mol. The highest BCUT2D eigenvalue weighted by atomic mass is 19.1. The number of nitrogens with one attached hydrogen (secondary N) is 1. The van der Waals surface area contributed by atoms with E-state index in [9.17, 15) is 9.18 Å². The van der Waals surface area contributed by atoms with E-state index >= 15 is 0 Å². The number of alkyl halides is 1. The van der Waals surface area contributed by atoms with Gasteiger partial charge in [-0.15, -0.1) is 0 Å². The van der Waals surface area contributed by atoms with E-state index in [2.05, 4.69) is 5.32 Å². The Kier molecular flexibility index (Phi) is 3.44. The van der Waals surface area contributed by atoms with Crippen LogP contribution in [-0.2, 0) is 4.79 Å². The van der Waals surface area contributed by atoms with E-state index in [4.69, 9.17) is 5.26 Å². The lowest BCUT2D eigenvalue weighted by molar-refractivity contribution is -0.133. The molecule has 0 bridgehead atoms. The van der Waals surface area contributed by atoms with Crippen molar-refractivity contribution in [3.63, 3.8) is 0 Å². The van der Waals surface area contributed by atoms with Crippen LogP contribution in [0, 0.1) is 17.2 Å². The van der Waals surface area contributed by atoms with Crippen molar-refractivity contribution in [2.45, 2.75) is 62.8 Å². The molecule has 3 rings (SSSR count). The quantitative estimate of drug-likeness (QED) is 0.779. The predicted octanol–water partition coefficient (Wildman–Crippen LogP) is 1.37. The molecule has 1 amide bonds. The van der Waals surface area contributed by atoms with E-state index in [0.717, 1.165) is 12.8 Å². The van der Waals surface area contributed by atoms with Gasteiger partial charge in [0.05, 0.1) is 18.7 Å². The molecule has 0 aromatic heterocycles. The van der Waals surface area contributed by atoms with Crippen LogP contribution in [0.2, 0.25) is 0 Å². The van der Waals surface area contributed by atoms with Crippen molar-refractivity contribution in [2.24, 2.45) is 5.92 Å². The van der Waals surface area contributed by atoms with Gasteiger partial charge in [0, 0.05) is 12.5 Å². The lowest BCUT2D eigenvalue weighted by Gasteiger charge is -2.24. The number of likely N-dealkylation sites (tertiary alicyclic amines) is 1. The summed E-state index contributed by atoms with van der Waals surface area (Å²) >= 11 is 0. The zero-order chi connectivity index (χ0) is 13.4. The highest BCUT2D eigenvalue weighted by Crippen LogP contribution is 2.34. The number of hydrogen-bond acceptors (Lipinski definition) is 3. The first kappa shape index (κ1) is 12.9. The van der Waals surface area contributed by atoms with Gasteiger partial charge in [-0.25, -0.2) is 4.39 Å². The Hall–Kier alpha value is -1.15. The number of hydrogen-bond donors (Lipinski definition) is 1. The summed E-state index contributed by atoms with van der Waals surface area (Å²) in [5, 5.41) is 12.4. The molecule has 4 unspecified atom stereocenters. The average Bonchev–Trinajstić information content (AvgIpc) is 3.00. The topological polar surface area (TPSA) is 56.1 Å². The summed E-state index contributed by atoms with van der Waals surface area (Å²) in [5.41, 5.74) is 0. The summed E-state index contributed by atoms with van der Waals surface area (Å²) in [6.45, 7) is 0.0879. The third-order valence-electron chi connectivity index (χ3n) is 4.84. The van der Waals surface area contributed by atoms with Crippen LogP contribution in [-0.4, -0.2) is 41.6 Å². The maximum absolute atomic E-state index is 13.4. The Morgan fingerprint density at radius 2 is 2.11 bits per heavy atom. The Morgan fingerprint density at radius 1 is 1.32 bits per heavy atom. The van der Waals surface area contributed by atoms with Crippen LogP contribution in [0.25, 0.3) is 0 Å². The van der Waals surface area contributed by atoms with E-state index < -0.39 is 12.2 Å². The number of nitriles is 1. The molecule has 0 radical (unpaired) electrons. The zero-order valence-electron chi connectivity index (χ0n) is 11.0. The van der Waals surface area contributed by atoms with Crippen LogP contribution in [0.1, 0.15) is 38.5 Å². The molecule has 5 heteroatoms. The van der Waals surface area contributed by atoms with Crippen molar-refractivity contribution in [3.05, 3.63) is 0 Å². The number of rotatable bonds is 1. The molecule has 1 aliphatic carbocycles. The molecule has 2 aliphatic heterocycles. The van der Waals surface area contributed by atoms with Gasteiger partial charge in [0.1, 0.15) is 12.2 Å². The highest BCUT2D eigenvalue weighted by Gasteiger charge is 2.43. The van der Waals surface area contributed by atoms with Crippen molar-refractivity contribution in [3.8, 4) is 6.07 Å². The molecule has 0 spiro atoms. The van der Waals surface area contributed by atoms with E-state index in [-0.39, 0.29) is 24.9 Å². The Balaban J connectivity index is 1.66. The van der Waals surface area contributed by atoms with Crippen molar-refractivity contribution >= 4 is 5.91 Å². The smallest absolute Gasteiger partial charge is 0.240 e. The van der Waals surface area contributed by atoms with Gasteiger partial charge < -0.3 is 10.2 Å². The predicted molar refractivity (Wildman–Crippen MR) is 67.9 cm³/mol. The molecule has 2 heterocycles. The van der Waals surface area contributed by atoms with E-state index in [1.807, 2.05) is 6.07 Å². The van der Waals surface area contributed by atoms with Gasteiger partial charge >= 0.3 is 0 Å². The Labute approximate surface area is 112 Å². The molecule has 1 saturated carbocycles. The molecule has 3 fully saturated rings. The highest BCUT2D eigenvalue weighted by molar-refractivity contribution is 5.83. The number of carbonyl (C=O) groups is 1. The third-order valence-corrected chi connectivity index (χ3v) is 4.84. The number of fused-ring (bicyclic) bond motifs is 1. The van der Waals surface area contributed by atoms with Crippen LogP contribution < -0.4 is 5.32 Å². The lowest BCUT2D eigenvalue weighted by Crippen LogP contribution is -2.47. The number of amides is 1. The minimum Gasteiger partial charge on any atom is -0.322 e. The Morgan fingerprint density at radius 3 is 2.84 bits per heavy atom. The molecule has 5 atom stereocenters. The molecule has 0 aromatic carbocycles. The van der Waals surface area contributed by atoms with Crippen LogP contribution in [0.3, 0.4) is 0 Å². The van der Waals surface area contributed by atoms with Crippen LogP contribution >= 0.6 is 0 Å². The van der Waals surface area contributed by atoms with Crippen molar-refractivity contribution in [1.29, 1.82) is 5.26 Å². The maximum Gasteiger partial charge on any atom is 0.240 e. The van der Waals surface area contributed by atoms with E-state index in [1.165, 1.54) is 24.2 Å². The number of carbonyl (C=O) groups excluding carboxylic acids is 1. The second-order valence-corrected chi connectivity index (χ2v) is 6.07. The Bertz CT molecular complexity index is 394. The SMILES string of the molecule is N#C[C@@H]1CC(F)CN1C(=O)C1CC2CCCCC2N1. The van der Waals surface area contributed by atoms with Crippen molar-refractivity contribution in [2.75, 3.05) is 6.54 Å². The summed E-state index contributed by atoms with van der Waals surface area (Å²) < 4.78 is 13.4. The van der Waals surface area contributed by atoms with Crippen molar-refractivity contribution in [1.82, 2.24) is 10.2 Å². The van der Waals surface area contributed by atoms with Crippen molar-refractivity contribution < 1.29 is 9.18 Å². The molecule has 19 heavy (non-hydrogen) atoms. The minimum atomic E-state index is -1.04. The molecular formula is C14H20FN3O. The first-order valence-corrected chi connectivity index (χ1v) is 7.29. The molecule has 1 N–H and O–H groups in total. The standard InChI is InChI=1S/C14H20FN3O/c15-10-6-11(7-16)18(8-10)14(19)13-5-9-3-1-2-4-12(9)17-13/h9-13,17H,1-6,8H2/t9?,10?,11-,12?,13?/m0/s1. The van der Waals surface area contributed by atoms with Gasteiger partial charge in [-0.2, -0.15) is 5.26 Å². The summed E-state index contributed by atoms with van der Waals surface area (Å²) in [4.78, 5) is 13.9. The molecule has 4 nitrogen and oxygen atoms in total. The first-order valence-electron chi connectivity index (χ1n) is 7.29. The lowest BCUT2D eigenvalue weighted by atomic mass is 9.85. The van der Waals surface area contributed by atoms with E-state index in [1.54, 1.807) is 0 Å². The van der Waals surface area contributed by atoms with Gasteiger partial charge in [0.2, 0.25) is 5.91 Å². The van der Waals surface area contributed by atoms with Gasteiger partial charge in [-0.3, -0.25) is 4.79 Å². The first-order chi connectivity index (χ1) is 9.19. The van der Waals surface area contributed by atoms with Gasteiger partial charge in [-0.05, 0) is 25.2 Å². The van der Waals surface area contributed by atoms with Crippen LogP contribution in [0.15, 0.2) is 0 Å². The summed E-state index contributed by atoms with van der Waals surface area (Å²) in [5.74, 6) is 0.521. The fourth-order valence-electron chi connectivity index (χ4n) is 3.86. The van der Waals surface area contributed by atoms with Gasteiger partial charge in [0.25, 0.3) is 0 Å². The minimum absolute atomic E-state index is 0.0684. The summed E-state index contributed by atoms with van der Waals surface area (Å²) in [7, 11) is 0. The van der Waals surface area contributed by atoms with Gasteiger partial charge in [0.15, 0.2) is 0 Å². The molecule has 2 saturated heterocycles. The fourth-order valence-corrected chi connectivity index (χ4v) is 3.86. The van der Waals surface area contributed by atoms with Crippen LogP contribution in [0.4, 0.5) is 4.39 Å².